The second kappa shape index (κ2) is 6.19. The fraction of sp³-hybridized carbons (Fsp3) is 1.00. The number of hydrogen-bond donors (Lipinski definition) is 1. The Hall–Kier alpha value is -0.0800. The molecule has 0 saturated heterocycles. The van der Waals surface area contributed by atoms with E-state index in [-0.39, 0.29) is 0 Å². The van der Waals surface area contributed by atoms with E-state index in [1.54, 1.807) is 0 Å². The van der Waals surface area contributed by atoms with Gasteiger partial charge >= 0.3 is 0 Å². The minimum absolute atomic E-state index is 0.753. The smallest absolute Gasteiger partial charge is 0.0246 e. The van der Waals surface area contributed by atoms with Crippen molar-refractivity contribution in [3.8, 4) is 0 Å². The summed E-state index contributed by atoms with van der Waals surface area (Å²) < 4.78 is 0. The second-order valence-electron chi connectivity index (χ2n) is 6.33. The molecule has 4 atom stereocenters. The molecule has 4 unspecified atom stereocenters. The van der Waals surface area contributed by atoms with Crippen molar-refractivity contribution in [3.05, 3.63) is 0 Å². The van der Waals surface area contributed by atoms with E-state index >= 15 is 0 Å². The van der Waals surface area contributed by atoms with Gasteiger partial charge in [-0.05, 0) is 51.1 Å². The molecule has 1 N–H and O–H groups in total. The molecule has 2 rings (SSSR count). The molecule has 2 fully saturated rings. The molecule has 0 aromatic rings. The normalized spacial score (nSPS) is 37.4. The van der Waals surface area contributed by atoms with Crippen molar-refractivity contribution < 1.29 is 0 Å². The minimum atomic E-state index is 0.753. The molecule has 0 radical (unpaired) electrons. The lowest BCUT2D eigenvalue weighted by atomic mass is 9.89. The fourth-order valence-electron chi connectivity index (χ4n) is 3.37. The van der Waals surface area contributed by atoms with E-state index in [4.69, 9.17) is 0 Å². The SMILES string of the molecule is CCCNC1CCCCC1N(C)CC1CC1C. The molecule has 0 aliphatic heterocycles. The molecular formula is C15H30N2. The van der Waals surface area contributed by atoms with Gasteiger partial charge in [0.2, 0.25) is 0 Å². The number of hydrogen-bond acceptors (Lipinski definition) is 2. The van der Waals surface area contributed by atoms with Gasteiger partial charge in [-0.25, -0.2) is 0 Å². The lowest BCUT2D eigenvalue weighted by Gasteiger charge is -2.38. The summed E-state index contributed by atoms with van der Waals surface area (Å²) in [5.41, 5.74) is 0. The van der Waals surface area contributed by atoms with Crippen LogP contribution < -0.4 is 5.32 Å². The topological polar surface area (TPSA) is 15.3 Å². The quantitative estimate of drug-likeness (QED) is 0.765. The fourth-order valence-corrected chi connectivity index (χ4v) is 3.37. The molecule has 0 aromatic heterocycles. The Kier molecular flexibility index (Phi) is 4.87. The number of nitrogens with one attached hydrogen (secondary N) is 1. The van der Waals surface area contributed by atoms with E-state index in [0.29, 0.717) is 0 Å². The molecule has 0 heterocycles. The predicted molar refractivity (Wildman–Crippen MR) is 74.2 cm³/mol. The van der Waals surface area contributed by atoms with Gasteiger partial charge in [0.15, 0.2) is 0 Å². The zero-order valence-electron chi connectivity index (χ0n) is 11.9. The Balaban J connectivity index is 1.81. The van der Waals surface area contributed by atoms with Gasteiger partial charge < -0.3 is 10.2 Å². The molecule has 2 heteroatoms. The first-order chi connectivity index (χ1) is 8.22. The van der Waals surface area contributed by atoms with Crippen molar-refractivity contribution in [1.29, 1.82) is 0 Å². The van der Waals surface area contributed by atoms with Crippen LogP contribution in [0.25, 0.3) is 0 Å². The van der Waals surface area contributed by atoms with E-state index in [1.165, 1.54) is 51.6 Å². The Labute approximate surface area is 107 Å². The van der Waals surface area contributed by atoms with Crippen molar-refractivity contribution in [1.82, 2.24) is 10.2 Å². The Morgan fingerprint density at radius 2 is 1.94 bits per heavy atom. The standard InChI is InChI=1S/C15H30N2/c1-4-9-16-14-7-5-6-8-15(14)17(3)11-13-10-12(13)2/h12-16H,4-11H2,1-3H3. The molecule has 0 bridgehead atoms. The van der Waals surface area contributed by atoms with E-state index in [9.17, 15) is 0 Å². The van der Waals surface area contributed by atoms with Crippen molar-refractivity contribution in [2.45, 2.75) is 64.5 Å². The van der Waals surface area contributed by atoms with Gasteiger partial charge in [-0.2, -0.15) is 0 Å². The Morgan fingerprint density at radius 3 is 2.59 bits per heavy atom. The highest BCUT2D eigenvalue weighted by Crippen LogP contribution is 2.39. The summed E-state index contributed by atoms with van der Waals surface area (Å²) in [5.74, 6) is 1.98. The van der Waals surface area contributed by atoms with Crippen LogP contribution in [0.2, 0.25) is 0 Å². The minimum Gasteiger partial charge on any atom is -0.312 e. The molecular weight excluding hydrogens is 208 g/mol. The highest BCUT2D eigenvalue weighted by Gasteiger charge is 2.36. The maximum Gasteiger partial charge on any atom is 0.0246 e. The molecule has 0 amide bonds. The average molecular weight is 238 g/mol. The zero-order chi connectivity index (χ0) is 12.3. The first-order valence-electron chi connectivity index (χ1n) is 7.66. The van der Waals surface area contributed by atoms with Gasteiger partial charge in [-0.15, -0.1) is 0 Å². The van der Waals surface area contributed by atoms with Crippen LogP contribution in [0.4, 0.5) is 0 Å². The van der Waals surface area contributed by atoms with Gasteiger partial charge in [-0.1, -0.05) is 26.7 Å². The van der Waals surface area contributed by atoms with Gasteiger partial charge in [0.05, 0.1) is 0 Å². The van der Waals surface area contributed by atoms with Crippen molar-refractivity contribution in [2.75, 3.05) is 20.1 Å². The molecule has 17 heavy (non-hydrogen) atoms. The van der Waals surface area contributed by atoms with Crippen molar-refractivity contribution >= 4 is 0 Å². The first-order valence-corrected chi connectivity index (χ1v) is 7.66. The van der Waals surface area contributed by atoms with E-state index in [2.05, 4.69) is 31.1 Å². The van der Waals surface area contributed by atoms with Crippen LogP contribution in [0, 0.1) is 11.8 Å². The monoisotopic (exact) mass is 238 g/mol. The lowest BCUT2D eigenvalue weighted by Crippen LogP contribution is -2.51. The number of rotatable bonds is 6. The van der Waals surface area contributed by atoms with E-state index < -0.39 is 0 Å². The summed E-state index contributed by atoms with van der Waals surface area (Å²) >= 11 is 0. The summed E-state index contributed by atoms with van der Waals surface area (Å²) in [7, 11) is 2.35. The average Bonchev–Trinajstić information content (AvgIpc) is 3.02. The van der Waals surface area contributed by atoms with Crippen LogP contribution in [-0.4, -0.2) is 37.1 Å². The summed E-state index contributed by atoms with van der Waals surface area (Å²) in [5, 5.41) is 3.77. The summed E-state index contributed by atoms with van der Waals surface area (Å²) in [6.45, 7) is 7.18. The lowest BCUT2D eigenvalue weighted by molar-refractivity contribution is 0.143. The summed E-state index contributed by atoms with van der Waals surface area (Å²) in [6, 6.07) is 1.55. The van der Waals surface area contributed by atoms with Crippen LogP contribution in [0.15, 0.2) is 0 Å². The molecule has 0 spiro atoms. The highest BCUT2D eigenvalue weighted by atomic mass is 15.2. The molecule has 100 valence electrons. The van der Waals surface area contributed by atoms with Crippen LogP contribution in [0.1, 0.15) is 52.4 Å². The maximum atomic E-state index is 3.77. The third kappa shape index (κ3) is 3.69. The molecule has 2 saturated carbocycles. The summed E-state index contributed by atoms with van der Waals surface area (Å²) in [4.78, 5) is 2.65. The first kappa shape index (κ1) is 13.4. The van der Waals surface area contributed by atoms with Gasteiger partial charge in [-0.3, -0.25) is 0 Å². The molecule has 2 aliphatic carbocycles. The predicted octanol–water partition coefficient (Wildman–Crippen LogP) is 2.89. The summed E-state index contributed by atoms with van der Waals surface area (Å²) in [6.07, 6.45) is 8.36. The van der Waals surface area contributed by atoms with Crippen LogP contribution >= 0.6 is 0 Å². The van der Waals surface area contributed by atoms with Gasteiger partial charge in [0, 0.05) is 18.6 Å². The van der Waals surface area contributed by atoms with Crippen molar-refractivity contribution in [2.24, 2.45) is 11.8 Å². The Bertz CT molecular complexity index is 229. The van der Waals surface area contributed by atoms with Crippen molar-refractivity contribution in [3.63, 3.8) is 0 Å². The molecule has 2 nitrogen and oxygen atoms in total. The van der Waals surface area contributed by atoms with E-state index in [0.717, 1.165) is 23.9 Å². The van der Waals surface area contributed by atoms with E-state index in [1.807, 2.05) is 0 Å². The maximum absolute atomic E-state index is 3.77. The third-order valence-corrected chi connectivity index (χ3v) is 4.75. The second-order valence-corrected chi connectivity index (χ2v) is 6.33. The van der Waals surface area contributed by atoms with Gasteiger partial charge in [0.25, 0.3) is 0 Å². The molecule has 2 aliphatic rings. The highest BCUT2D eigenvalue weighted by molar-refractivity contribution is 4.91. The number of nitrogens with zero attached hydrogens (tertiary/aromatic N) is 1. The molecule has 0 aromatic carbocycles. The Morgan fingerprint density at radius 1 is 1.24 bits per heavy atom. The van der Waals surface area contributed by atoms with Crippen LogP contribution in [-0.2, 0) is 0 Å². The largest absolute Gasteiger partial charge is 0.312 e. The third-order valence-electron chi connectivity index (χ3n) is 4.75. The van der Waals surface area contributed by atoms with Crippen LogP contribution in [0.3, 0.4) is 0 Å². The van der Waals surface area contributed by atoms with Crippen LogP contribution in [0.5, 0.6) is 0 Å². The number of likely N-dealkylation sites (N-methyl/N-ethyl adjacent to an activating group) is 1. The zero-order valence-corrected chi connectivity index (χ0v) is 11.9. The van der Waals surface area contributed by atoms with Gasteiger partial charge in [0.1, 0.15) is 0 Å².